The molecule has 6 heteroatoms. The smallest absolute Gasteiger partial charge is 0.266 e. The molecular formula is C24H27BrN2O3. The molecule has 4 atom stereocenters. The molecule has 2 fully saturated rings. The van der Waals surface area contributed by atoms with Crippen molar-refractivity contribution in [2.75, 3.05) is 9.96 Å². The van der Waals surface area contributed by atoms with Crippen molar-refractivity contribution in [1.82, 2.24) is 0 Å². The highest BCUT2D eigenvalue weighted by molar-refractivity contribution is 9.10. The van der Waals surface area contributed by atoms with Gasteiger partial charge < -0.3 is 0 Å². The normalized spacial score (nSPS) is 24.4. The quantitative estimate of drug-likeness (QED) is 0.512. The maximum atomic E-state index is 13.6. The van der Waals surface area contributed by atoms with Gasteiger partial charge in [-0.2, -0.15) is 0 Å². The van der Waals surface area contributed by atoms with Crippen molar-refractivity contribution in [2.24, 2.45) is 11.8 Å². The predicted octanol–water partition coefficient (Wildman–Crippen LogP) is 5.34. The summed E-state index contributed by atoms with van der Waals surface area (Å²) in [6, 6.07) is 16.9. The fourth-order valence-corrected chi connectivity index (χ4v) is 4.93. The Morgan fingerprint density at radius 2 is 1.67 bits per heavy atom. The summed E-state index contributed by atoms with van der Waals surface area (Å²) in [7, 11) is 0. The standard InChI is InChI=1S/C24H27BrN2O3/c1-3-5-9-16(4-2)21-20-22(30-27(21)19-10-7-6-8-11-19)24(29)26(23(20)28)18-14-12-17(25)13-15-18/h6-8,10-16,20-22H,3-5,9H2,1-2H3/t16-,20-,21+,22+/m1/s1. The number of carbonyl (C=O) groups excluding carboxylic acids is 2. The van der Waals surface area contributed by atoms with Gasteiger partial charge >= 0.3 is 0 Å². The topological polar surface area (TPSA) is 49.9 Å². The predicted molar refractivity (Wildman–Crippen MR) is 121 cm³/mol. The fourth-order valence-electron chi connectivity index (χ4n) is 4.66. The van der Waals surface area contributed by atoms with Gasteiger partial charge in [0, 0.05) is 4.47 Å². The summed E-state index contributed by atoms with van der Waals surface area (Å²) in [6.07, 6.45) is 3.35. The zero-order chi connectivity index (χ0) is 21.3. The number of hydroxylamine groups is 1. The van der Waals surface area contributed by atoms with Crippen LogP contribution < -0.4 is 9.96 Å². The molecule has 0 spiro atoms. The first-order valence-electron chi connectivity index (χ1n) is 10.7. The van der Waals surface area contributed by atoms with Crippen molar-refractivity contribution < 1.29 is 14.4 Å². The molecule has 0 bridgehead atoms. The van der Waals surface area contributed by atoms with Gasteiger partial charge in [0.2, 0.25) is 5.91 Å². The van der Waals surface area contributed by atoms with E-state index in [1.807, 2.05) is 47.5 Å². The SMILES string of the molecule is CCCC[C@@H](CC)[C@H]1[C@H]2C(=O)N(c3ccc(Br)cc3)C(=O)[C@H]2ON1c1ccccc1. The first kappa shape index (κ1) is 21.1. The molecule has 2 heterocycles. The number of para-hydroxylation sites is 1. The molecule has 2 aromatic rings. The molecule has 5 nitrogen and oxygen atoms in total. The number of rotatable bonds is 7. The lowest BCUT2D eigenvalue weighted by atomic mass is 9.82. The summed E-state index contributed by atoms with van der Waals surface area (Å²) in [5, 5.41) is 1.84. The van der Waals surface area contributed by atoms with E-state index < -0.39 is 12.0 Å². The van der Waals surface area contributed by atoms with Crippen LogP contribution in [0.2, 0.25) is 0 Å². The number of halogens is 1. The Kier molecular flexibility index (Phi) is 6.25. The van der Waals surface area contributed by atoms with Gasteiger partial charge in [0.25, 0.3) is 5.91 Å². The van der Waals surface area contributed by atoms with Gasteiger partial charge in [0.1, 0.15) is 0 Å². The van der Waals surface area contributed by atoms with Crippen LogP contribution in [0.1, 0.15) is 39.5 Å². The summed E-state index contributed by atoms with van der Waals surface area (Å²) in [5.74, 6) is -0.670. The third-order valence-corrected chi connectivity index (χ3v) is 6.72. The lowest BCUT2D eigenvalue weighted by Crippen LogP contribution is -2.44. The molecule has 2 aromatic carbocycles. The van der Waals surface area contributed by atoms with Gasteiger partial charge in [-0.1, -0.05) is 67.2 Å². The van der Waals surface area contributed by atoms with Crippen LogP contribution >= 0.6 is 15.9 Å². The molecule has 30 heavy (non-hydrogen) atoms. The Labute approximate surface area is 186 Å². The van der Waals surface area contributed by atoms with Gasteiger partial charge in [-0.05, 0) is 48.7 Å². The van der Waals surface area contributed by atoms with Gasteiger partial charge in [0.15, 0.2) is 6.10 Å². The number of amides is 2. The van der Waals surface area contributed by atoms with Crippen LogP contribution in [-0.4, -0.2) is 24.0 Å². The number of hydrogen-bond donors (Lipinski definition) is 0. The third kappa shape index (κ3) is 3.67. The average molecular weight is 471 g/mol. The number of unbranched alkanes of at least 4 members (excludes halogenated alkanes) is 1. The monoisotopic (exact) mass is 470 g/mol. The molecule has 2 aliphatic rings. The minimum Gasteiger partial charge on any atom is -0.273 e. The molecule has 0 unspecified atom stereocenters. The molecule has 0 saturated carbocycles. The van der Waals surface area contributed by atoms with Crippen LogP contribution in [0.4, 0.5) is 11.4 Å². The Hall–Kier alpha value is -2.18. The van der Waals surface area contributed by atoms with Crippen molar-refractivity contribution in [3.05, 3.63) is 59.1 Å². The van der Waals surface area contributed by atoms with E-state index in [1.165, 1.54) is 4.90 Å². The number of hydrogen-bond acceptors (Lipinski definition) is 4. The van der Waals surface area contributed by atoms with Crippen molar-refractivity contribution in [2.45, 2.75) is 51.7 Å². The van der Waals surface area contributed by atoms with Crippen LogP contribution in [-0.2, 0) is 14.4 Å². The van der Waals surface area contributed by atoms with Gasteiger partial charge in [-0.15, -0.1) is 0 Å². The van der Waals surface area contributed by atoms with Crippen molar-refractivity contribution in [3.8, 4) is 0 Å². The Bertz CT molecular complexity index is 902. The zero-order valence-electron chi connectivity index (χ0n) is 17.3. The molecule has 0 aliphatic carbocycles. The highest BCUT2D eigenvalue weighted by Gasteiger charge is 2.61. The number of nitrogens with zero attached hydrogens (tertiary/aromatic N) is 2. The minimum atomic E-state index is -0.776. The molecular weight excluding hydrogens is 444 g/mol. The highest BCUT2D eigenvalue weighted by Crippen LogP contribution is 2.44. The number of anilines is 2. The van der Waals surface area contributed by atoms with E-state index in [9.17, 15) is 9.59 Å². The summed E-state index contributed by atoms with van der Waals surface area (Å²) >= 11 is 3.41. The van der Waals surface area contributed by atoms with Crippen molar-refractivity contribution >= 4 is 39.1 Å². The van der Waals surface area contributed by atoms with Crippen LogP contribution in [0, 0.1) is 11.8 Å². The number of benzene rings is 2. The third-order valence-electron chi connectivity index (χ3n) is 6.19. The molecule has 2 amide bonds. The lowest BCUT2D eigenvalue weighted by Gasteiger charge is -2.33. The van der Waals surface area contributed by atoms with E-state index in [1.54, 1.807) is 12.1 Å². The van der Waals surface area contributed by atoms with Crippen LogP contribution in [0.3, 0.4) is 0 Å². The maximum absolute atomic E-state index is 13.6. The van der Waals surface area contributed by atoms with Gasteiger partial charge in [-0.3, -0.25) is 14.4 Å². The minimum absolute atomic E-state index is 0.161. The second kappa shape index (κ2) is 8.90. The maximum Gasteiger partial charge on any atom is 0.266 e. The van der Waals surface area contributed by atoms with Crippen LogP contribution in [0.25, 0.3) is 0 Å². The lowest BCUT2D eigenvalue weighted by molar-refractivity contribution is -0.126. The van der Waals surface area contributed by atoms with E-state index in [0.717, 1.165) is 35.8 Å². The molecule has 0 radical (unpaired) electrons. The Morgan fingerprint density at radius 1 is 0.967 bits per heavy atom. The second-order valence-corrected chi connectivity index (χ2v) is 8.92. The van der Waals surface area contributed by atoms with E-state index in [4.69, 9.17) is 4.84 Å². The van der Waals surface area contributed by atoms with Gasteiger partial charge in [0.05, 0.1) is 23.3 Å². The first-order valence-corrected chi connectivity index (χ1v) is 11.5. The summed E-state index contributed by atoms with van der Waals surface area (Å²) in [4.78, 5) is 34.3. The van der Waals surface area contributed by atoms with E-state index in [-0.39, 0.29) is 23.8 Å². The van der Waals surface area contributed by atoms with Gasteiger partial charge in [-0.25, -0.2) is 9.96 Å². The van der Waals surface area contributed by atoms with Crippen LogP contribution in [0.5, 0.6) is 0 Å². The molecule has 0 N–H and O–H groups in total. The average Bonchev–Trinajstić information content (AvgIpc) is 3.27. The molecule has 2 aliphatic heterocycles. The summed E-state index contributed by atoms with van der Waals surface area (Å²) in [5.41, 5.74) is 1.49. The molecule has 4 rings (SSSR count). The second-order valence-electron chi connectivity index (χ2n) is 8.00. The van der Waals surface area contributed by atoms with E-state index in [0.29, 0.717) is 5.69 Å². The molecule has 158 valence electrons. The molecule has 0 aromatic heterocycles. The number of fused-ring (bicyclic) bond motifs is 1. The molecule has 2 saturated heterocycles. The number of imide groups is 1. The Morgan fingerprint density at radius 3 is 2.30 bits per heavy atom. The fraction of sp³-hybridized carbons (Fsp3) is 0.417. The zero-order valence-corrected chi connectivity index (χ0v) is 18.9. The van der Waals surface area contributed by atoms with Crippen LogP contribution in [0.15, 0.2) is 59.1 Å². The van der Waals surface area contributed by atoms with Crippen molar-refractivity contribution in [1.29, 1.82) is 0 Å². The Balaban J connectivity index is 1.71. The first-order chi connectivity index (χ1) is 14.6. The largest absolute Gasteiger partial charge is 0.273 e. The highest BCUT2D eigenvalue weighted by atomic mass is 79.9. The van der Waals surface area contributed by atoms with Crippen molar-refractivity contribution in [3.63, 3.8) is 0 Å². The van der Waals surface area contributed by atoms with E-state index >= 15 is 0 Å². The summed E-state index contributed by atoms with van der Waals surface area (Å²) < 4.78 is 0.903. The van der Waals surface area contributed by atoms with E-state index in [2.05, 4.69) is 29.8 Å². The number of carbonyl (C=O) groups is 2. The summed E-state index contributed by atoms with van der Waals surface area (Å²) in [6.45, 7) is 4.33.